The quantitative estimate of drug-likeness (QED) is 0.319. The van der Waals surface area contributed by atoms with Gasteiger partial charge in [-0.1, -0.05) is 18.2 Å². The van der Waals surface area contributed by atoms with E-state index in [1.807, 2.05) is 79.7 Å². The Bertz CT molecular complexity index is 1600. The molecule has 1 atom stereocenters. The van der Waals surface area contributed by atoms with Gasteiger partial charge in [-0.3, -0.25) is 4.79 Å². The Morgan fingerprint density at radius 1 is 1.09 bits per heavy atom. The highest BCUT2D eigenvalue weighted by molar-refractivity contribution is 6.62. The molecule has 0 bridgehead atoms. The molecule has 1 amide bonds. The second kappa shape index (κ2) is 12.8. The van der Waals surface area contributed by atoms with Gasteiger partial charge in [-0.15, -0.1) is 0 Å². The molecule has 2 fully saturated rings. The number of piperidine rings is 1. The van der Waals surface area contributed by atoms with Gasteiger partial charge in [-0.25, -0.2) is 19.2 Å². The zero-order chi connectivity index (χ0) is 33.4. The van der Waals surface area contributed by atoms with Crippen molar-refractivity contribution < 1.29 is 28.0 Å². The minimum absolute atomic E-state index is 0.274. The molecule has 0 saturated carbocycles. The summed E-state index contributed by atoms with van der Waals surface area (Å²) in [5.74, 6) is 0.497. The van der Waals surface area contributed by atoms with E-state index in [0.717, 1.165) is 24.0 Å². The number of ether oxygens (including phenoxy) is 2. The summed E-state index contributed by atoms with van der Waals surface area (Å²) in [6, 6.07) is 8.21. The molecule has 5 rings (SSSR count). The smallest absolute Gasteiger partial charge is 0.490 e. The molecule has 46 heavy (non-hydrogen) atoms. The monoisotopic (exact) mass is 634 g/mol. The van der Waals surface area contributed by atoms with Gasteiger partial charge < -0.3 is 28.2 Å². The normalized spacial score (nSPS) is 18.8. The Morgan fingerprint density at radius 2 is 1.72 bits per heavy atom. The van der Waals surface area contributed by atoms with Crippen molar-refractivity contribution in [2.75, 3.05) is 19.7 Å². The number of benzene rings is 1. The van der Waals surface area contributed by atoms with Crippen LogP contribution in [0, 0.1) is 11.7 Å². The van der Waals surface area contributed by atoms with Crippen molar-refractivity contribution in [3.8, 4) is 17.1 Å². The van der Waals surface area contributed by atoms with Crippen LogP contribution in [0.5, 0.6) is 5.75 Å². The molecule has 1 aromatic carbocycles. The Kier molecular flexibility index (Phi) is 9.34. The fourth-order valence-corrected chi connectivity index (χ4v) is 5.44. The number of nitrogens with zero attached hydrogens (tertiary/aromatic N) is 4. The van der Waals surface area contributed by atoms with Crippen LogP contribution in [0.3, 0.4) is 0 Å². The predicted molar refractivity (Wildman–Crippen MR) is 174 cm³/mol. The fraction of sp³-hybridized carbons (Fsp3) is 0.529. The van der Waals surface area contributed by atoms with Gasteiger partial charge in [-0.2, -0.15) is 0 Å². The van der Waals surface area contributed by atoms with Crippen molar-refractivity contribution in [2.24, 2.45) is 5.92 Å². The van der Waals surface area contributed by atoms with E-state index in [1.165, 1.54) is 10.6 Å². The first-order valence-corrected chi connectivity index (χ1v) is 15.8. The van der Waals surface area contributed by atoms with Gasteiger partial charge in [0.2, 0.25) is 0 Å². The van der Waals surface area contributed by atoms with Crippen LogP contribution in [0.15, 0.2) is 53.7 Å². The first kappa shape index (κ1) is 33.6. The van der Waals surface area contributed by atoms with Crippen molar-refractivity contribution in [1.29, 1.82) is 0 Å². The van der Waals surface area contributed by atoms with Crippen LogP contribution in [0.25, 0.3) is 11.4 Å². The van der Waals surface area contributed by atoms with Gasteiger partial charge in [0, 0.05) is 30.3 Å². The standard InChI is InChI=1S/C34H44BFN4O6/c1-22(40-20-26(17-28(36)30(40)41)35-45-33(5,6)34(7,8)46-35)24-10-9-11-25(16-24)29-37-18-27(19-38-29)43-21-23-12-14-39(15-13-23)31(42)44-32(2,3)4/h9-11,16-20,22-23H,12-15,21H2,1-8H3/t22-/m1/s1. The lowest BCUT2D eigenvalue weighted by atomic mass is 9.80. The highest BCUT2D eigenvalue weighted by Gasteiger charge is 2.52. The van der Waals surface area contributed by atoms with E-state index in [0.29, 0.717) is 42.7 Å². The number of carbonyl (C=O) groups is 1. The highest BCUT2D eigenvalue weighted by atomic mass is 19.1. The van der Waals surface area contributed by atoms with Gasteiger partial charge in [0.05, 0.1) is 36.2 Å². The minimum atomic E-state index is -0.872. The zero-order valence-electron chi connectivity index (χ0n) is 28.0. The number of aromatic nitrogens is 3. The average molecular weight is 635 g/mol. The largest absolute Gasteiger partial charge is 0.496 e. The van der Waals surface area contributed by atoms with Crippen molar-refractivity contribution in [1.82, 2.24) is 19.4 Å². The van der Waals surface area contributed by atoms with Crippen molar-refractivity contribution in [3.63, 3.8) is 0 Å². The number of hydrogen-bond acceptors (Lipinski definition) is 8. The van der Waals surface area contributed by atoms with E-state index < -0.39 is 41.3 Å². The highest BCUT2D eigenvalue weighted by Crippen LogP contribution is 2.36. The average Bonchev–Trinajstić information content (AvgIpc) is 3.23. The van der Waals surface area contributed by atoms with Crippen LogP contribution in [0.1, 0.15) is 79.8 Å². The Labute approximate surface area is 270 Å². The summed E-state index contributed by atoms with van der Waals surface area (Å²) >= 11 is 0. The van der Waals surface area contributed by atoms with Crippen LogP contribution in [-0.4, -0.2) is 69.1 Å². The lowest BCUT2D eigenvalue weighted by Gasteiger charge is -2.33. The van der Waals surface area contributed by atoms with Crippen LogP contribution < -0.4 is 15.8 Å². The van der Waals surface area contributed by atoms with Gasteiger partial charge in [-0.05, 0) is 91.8 Å². The summed E-state index contributed by atoms with van der Waals surface area (Å²) in [6.45, 7) is 16.9. The zero-order valence-corrected chi connectivity index (χ0v) is 28.0. The van der Waals surface area contributed by atoms with Gasteiger partial charge in [0.25, 0.3) is 5.56 Å². The summed E-state index contributed by atoms with van der Waals surface area (Å²) in [7, 11) is -0.802. The molecular weight excluding hydrogens is 590 g/mol. The molecule has 3 aromatic rings. The third-order valence-corrected chi connectivity index (χ3v) is 8.97. The SMILES string of the molecule is C[C@H](c1cccc(-c2ncc(OCC3CCN(C(=O)OC(C)(C)C)CC3)cn2)c1)n1cc(B2OC(C)(C)C(C)(C)O2)cc(F)c1=O. The molecule has 0 spiro atoms. The fourth-order valence-electron chi connectivity index (χ4n) is 5.44. The maximum absolute atomic E-state index is 14.9. The van der Waals surface area contributed by atoms with E-state index in [1.54, 1.807) is 23.5 Å². The Morgan fingerprint density at radius 3 is 2.33 bits per heavy atom. The molecule has 2 aromatic heterocycles. The van der Waals surface area contributed by atoms with Crippen LogP contribution in [-0.2, 0) is 14.0 Å². The summed E-state index contributed by atoms with van der Waals surface area (Å²) in [6.07, 6.45) is 6.27. The summed E-state index contributed by atoms with van der Waals surface area (Å²) in [5, 5.41) is 0. The number of amides is 1. The number of likely N-dealkylation sites (tertiary alicyclic amines) is 1. The molecule has 2 saturated heterocycles. The van der Waals surface area contributed by atoms with Crippen molar-refractivity contribution in [3.05, 3.63) is 70.7 Å². The molecule has 4 heterocycles. The Balaban J connectivity index is 1.23. The van der Waals surface area contributed by atoms with E-state index >= 15 is 0 Å². The summed E-state index contributed by atoms with van der Waals surface area (Å²) in [4.78, 5) is 36.0. The van der Waals surface area contributed by atoms with E-state index in [-0.39, 0.29) is 6.09 Å². The number of carbonyl (C=O) groups excluding carboxylic acids is 1. The van der Waals surface area contributed by atoms with E-state index in [2.05, 4.69) is 9.97 Å². The molecular formula is C34H44BFN4O6. The van der Waals surface area contributed by atoms with E-state index in [9.17, 15) is 14.0 Å². The molecule has 0 unspecified atom stereocenters. The molecule has 2 aliphatic heterocycles. The lowest BCUT2D eigenvalue weighted by molar-refractivity contribution is 0.00578. The van der Waals surface area contributed by atoms with Crippen LogP contribution in [0.4, 0.5) is 9.18 Å². The molecule has 246 valence electrons. The maximum Gasteiger partial charge on any atom is 0.496 e. The number of halogens is 1. The van der Waals surface area contributed by atoms with Gasteiger partial charge in [0.1, 0.15) is 5.60 Å². The molecule has 10 nitrogen and oxygen atoms in total. The molecule has 12 heteroatoms. The second-order valence-electron chi connectivity index (χ2n) is 14.2. The number of rotatable bonds is 7. The van der Waals surface area contributed by atoms with Gasteiger partial charge >= 0.3 is 13.2 Å². The van der Waals surface area contributed by atoms with Gasteiger partial charge in [0.15, 0.2) is 17.4 Å². The number of hydrogen-bond donors (Lipinski definition) is 0. The van der Waals surface area contributed by atoms with Crippen molar-refractivity contribution >= 4 is 18.7 Å². The van der Waals surface area contributed by atoms with Crippen molar-refractivity contribution in [2.45, 2.75) is 91.1 Å². The second-order valence-corrected chi connectivity index (χ2v) is 14.2. The van der Waals surface area contributed by atoms with Crippen LogP contribution >= 0.6 is 0 Å². The third-order valence-electron chi connectivity index (χ3n) is 8.97. The molecule has 0 radical (unpaired) electrons. The maximum atomic E-state index is 14.9. The summed E-state index contributed by atoms with van der Waals surface area (Å²) in [5.41, 5.74) is -0.470. The van der Waals surface area contributed by atoms with E-state index in [4.69, 9.17) is 18.8 Å². The first-order chi connectivity index (χ1) is 21.5. The predicted octanol–water partition coefficient (Wildman–Crippen LogP) is 5.38. The third kappa shape index (κ3) is 7.44. The molecule has 0 aliphatic carbocycles. The lowest BCUT2D eigenvalue weighted by Crippen LogP contribution is -2.42. The minimum Gasteiger partial charge on any atom is -0.490 e. The molecule has 0 N–H and O–H groups in total. The van der Waals surface area contributed by atoms with Crippen LogP contribution in [0.2, 0.25) is 0 Å². The Hall–Kier alpha value is -3.77. The number of pyridine rings is 1. The first-order valence-electron chi connectivity index (χ1n) is 15.8. The summed E-state index contributed by atoms with van der Waals surface area (Å²) < 4.78 is 40.0. The molecule has 2 aliphatic rings. The topological polar surface area (TPSA) is 105 Å².